The Kier molecular flexibility index (Phi) is 10.5. The number of rotatable bonds is 9. The van der Waals surface area contributed by atoms with Gasteiger partial charge in [0.25, 0.3) is 5.91 Å². The highest BCUT2D eigenvalue weighted by Crippen LogP contribution is 2.33. The van der Waals surface area contributed by atoms with Crippen molar-refractivity contribution < 1.29 is 19.0 Å². The summed E-state index contributed by atoms with van der Waals surface area (Å²) in [5.74, 6) is 1.32. The third-order valence-corrected chi connectivity index (χ3v) is 7.25. The van der Waals surface area contributed by atoms with Crippen molar-refractivity contribution in [1.29, 1.82) is 0 Å². The Hall–Kier alpha value is -2.54. The third kappa shape index (κ3) is 8.00. The van der Waals surface area contributed by atoms with E-state index in [0.717, 1.165) is 34.4 Å². The van der Waals surface area contributed by atoms with Crippen LogP contribution in [0.3, 0.4) is 0 Å². The number of allylic oxidation sites excluding steroid dienone is 1. The Morgan fingerprint density at radius 1 is 1.10 bits per heavy atom. The first kappa shape index (κ1) is 31.0. The molecule has 0 spiro atoms. The third-order valence-electron chi connectivity index (χ3n) is 6.81. The van der Waals surface area contributed by atoms with E-state index in [1.807, 2.05) is 58.6 Å². The van der Waals surface area contributed by atoms with Gasteiger partial charge in [0.05, 0.1) is 32.0 Å². The molecule has 6 nitrogen and oxygen atoms in total. The lowest BCUT2D eigenvalue weighted by atomic mass is 9.97. The molecule has 1 heterocycles. The Morgan fingerprint density at radius 3 is 2.36 bits per heavy atom. The smallest absolute Gasteiger partial charge is 0.273 e. The molecule has 0 aliphatic carbocycles. The molecule has 0 unspecified atom stereocenters. The first-order chi connectivity index (χ1) is 18.3. The Bertz CT molecular complexity index is 1250. The summed E-state index contributed by atoms with van der Waals surface area (Å²) in [6.45, 7) is 15.4. The molecule has 2 aromatic carbocycles. The van der Waals surface area contributed by atoms with Gasteiger partial charge in [0.2, 0.25) is 0 Å². The summed E-state index contributed by atoms with van der Waals surface area (Å²) in [5, 5.41) is 1.04. The van der Waals surface area contributed by atoms with Crippen LogP contribution in [0.15, 0.2) is 46.6 Å². The second-order valence-corrected chi connectivity index (χ2v) is 11.8. The van der Waals surface area contributed by atoms with Crippen molar-refractivity contribution in [2.75, 3.05) is 26.9 Å². The average molecular weight is 576 g/mol. The molecule has 0 atom stereocenters. The summed E-state index contributed by atoms with van der Waals surface area (Å²) in [6.07, 6.45) is 1.41. The molecule has 1 aliphatic heterocycles. The first-order valence-electron chi connectivity index (χ1n) is 13.3. The van der Waals surface area contributed by atoms with E-state index >= 15 is 0 Å². The number of amides is 1. The van der Waals surface area contributed by atoms with Gasteiger partial charge in [-0.15, -0.1) is 0 Å². The molecular weight excluding hydrogens is 535 g/mol. The fraction of sp³-hybridized carbons (Fsp3) is 0.484. The molecule has 2 aromatic rings. The van der Waals surface area contributed by atoms with Crippen LogP contribution in [0.4, 0.5) is 0 Å². The molecule has 212 valence electrons. The van der Waals surface area contributed by atoms with Crippen LogP contribution in [0.25, 0.3) is 0 Å². The number of hydrogen-bond acceptors (Lipinski definition) is 5. The van der Waals surface area contributed by atoms with Crippen molar-refractivity contribution in [2.45, 2.75) is 73.0 Å². The summed E-state index contributed by atoms with van der Waals surface area (Å²) >= 11 is 12.5. The second kappa shape index (κ2) is 13.2. The van der Waals surface area contributed by atoms with Crippen LogP contribution < -0.4 is 9.47 Å². The Labute approximate surface area is 242 Å². The molecular formula is C31H40Cl2N2O4. The fourth-order valence-electron chi connectivity index (χ4n) is 4.60. The topological polar surface area (TPSA) is 60.4 Å². The standard InChI is InChI=1S/C31H40Cl2N2O4/c1-19(2)39-28-13-21(4)23(16-27(28)37-8)10-9-20(3)29(30(36)35-11-12-38-18-31(35,6)7)34-22(5)24-14-25(32)17-26(33)15-24/h13-17,19H,9-12,18H2,1-8H3/b29-20+,34-22+. The van der Waals surface area contributed by atoms with Gasteiger partial charge in [-0.3, -0.25) is 4.79 Å². The van der Waals surface area contributed by atoms with E-state index in [1.54, 1.807) is 25.3 Å². The maximum atomic E-state index is 14.0. The highest BCUT2D eigenvalue weighted by molar-refractivity contribution is 6.35. The van der Waals surface area contributed by atoms with Gasteiger partial charge in [-0.25, -0.2) is 4.99 Å². The molecule has 39 heavy (non-hydrogen) atoms. The number of aryl methyl sites for hydroxylation is 2. The molecule has 8 heteroatoms. The molecule has 0 aromatic heterocycles. The minimum absolute atomic E-state index is 0.0443. The van der Waals surface area contributed by atoms with Crippen LogP contribution in [-0.4, -0.2) is 55.0 Å². The van der Waals surface area contributed by atoms with Crippen molar-refractivity contribution in [3.63, 3.8) is 0 Å². The molecule has 0 radical (unpaired) electrons. The lowest BCUT2D eigenvalue weighted by Gasteiger charge is -2.42. The van der Waals surface area contributed by atoms with E-state index in [1.165, 1.54) is 0 Å². The maximum absolute atomic E-state index is 14.0. The summed E-state index contributed by atoms with van der Waals surface area (Å²) in [5.41, 5.74) is 4.56. The summed E-state index contributed by atoms with van der Waals surface area (Å²) in [7, 11) is 1.65. The number of carbonyl (C=O) groups is 1. The molecule has 0 bridgehead atoms. The zero-order chi connectivity index (χ0) is 28.9. The largest absolute Gasteiger partial charge is 0.493 e. The Balaban J connectivity index is 2.00. The predicted molar refractivity (Wildman–Crippen MR) is 160 cm³/mol. The molecule has 0 saturated carbocycles. The van der Waals surface area contributed by atoms with Crippen LogP contribution >= 0.6 is 23.2 Å². The number of hydrogen-bond donors (Lipinski definition) is 0. The summed E-state index contributed by atoms with van der Waals surface area (Å²) in [6, 6.07) is 9.32. The van der Waals surface area contributed by atoms with Gasteiger partial charge in [0.1, 0.15) is 5.70 Å². The van der Waals surface area contributed by atoms with E-state index in [9.17, 15) is 4.79 Å². The minimum Gasteiger partial charge on any atom is -0.493 e. The summed E-state index contributed by atoms with van der Waals surface area (Å²) < 4.78 is 17.2. The fourth-order valence-corrected chi connectivity index (χ4v) is 5.13. The van der Waals surface area contributed by atoms with E-state index in [4.69, 9.17) is 42.4 Å². The van der Waals surface area contributed by atoms with Gasteiger partial charge in [-0.2, -0.15) is 0 Å². The molecule has 0 N–H and O–H groups in total. The number of morpholine rings is 1. The zero-order valence-corrected chi connectivity index (χ0v) is 25.8. The van der Waals surface area contributed by atoms with Crippen LogP contribution in [0.5, 0.6) is 11.5 Å². The zero-order valence-electron chi connectivity index (χ0n) is 24.3. The highest BCUT2D eigenvalue weighted by Gasteiger charge is 2.36. The van der Waals surface area contributed by atoms with Gasteiger partial charge >= 0.3 is 0 Å². The van der Waals surface area contributed by atoms with Gasteiger partial charge in [0.15, 0.2) is 11.5 Å². The number of nitrogens with zero attached hydrogens (tertiary/aromatic N) is 2. The number of carbonyl (C=O) groups excluding carboxylic acids is 1. The molecule has 3 rings (SSSR count). The van der Waals surface area contributed by atoms with E-state index < -0.39 is 5.54 Å². The van der Waals surface area contributed by atoms with E-state index in [2.05, 4.69) is 6.92 Å². The summed E-state index contributed by atoms with van der Waals surface area (Å²) in [4.78, 5) is 20.8. The minimum atomic E-state index is -0.445. The SMILES string of the molecule is COc1cc(CC/C(C)=C(/N=C(\C)c2cc(Cl)cc(Cl)c2)C(=O)N2CCOCC2(C)C)c(C)cc1OC(C)C. The van der Waals surface area contributed by atoms with Crippen molar-refractivity contribution in [1.82, 2.24) is 4.90 Å². The van der Waals surface area contributed by atoms with Gasteiger partial charge in [-0.05, 0) is 114 Å². The van der Waals surface area contributed by atoms with Gasteiger partial charge in [-0.1, -0.05) is 23.2 Å². The maximum Gasteiger partial charge on any atom is 0.273 e. The van der Waals surface area contributed by atoms with Gasteiger partial charge < -0.3 is 19.1 Å². The van der Waals surface area contributed by atoms with Crippen LogP contribution in [0, 0.1) is 6.92 Å². The lowest BCUT2D eigenvalue weighted by Crippen LogP contribution is -2.55. The predicted octanol–water partition coefficient (Wildman–Crippen LogP) is 7.45. The number of aliphatic imine (C=N–C) groups is 1. The lowest BCUT2D eigenvalue weighted by molar-refractivity contribution is -0.142. The number of ether oxygens (including phenoxy) is 3. The average Bonchev–Trinajstić information content (AvgIpc) is 2.85. The molecule has 1 amide bonds. The van der Waals surface area contributed by atoms with Crippen molar-refractivity contribution in [3.05, 3.63) is 68.3 Å². The molecule has 1 saturated heterocycles. The molecule has 1 aliphatic rings. The second-order valence-electron chi connectivity index (χ2n) is 10.9. The number of methoxy groups -OCH3 is 1. The number of halogens is 2. The van der Waals surface area contributed by atoms with E-state index in [-0.39, 0.29) is 12.0 Å². The first-order valence-corrected chi connectivity index (χ1v) is 14.0. The normalized spacial score (nSPS) is 16.3. The van der Waals surface area contributed by atoms with Crippen LogP contribution in [0.1, 0.15) is 64.7 Å². The van der Waals surface area contributed by atoms with Crippen LogP contribution in [0.2, 0.25) is 10.0 Å². The number of benzene rings is 2. The van der Waals surface area contributed by atoms with Crippen molar-refractivity contribution >= 4 is 34.8 Å². The van der Waals surface area contributed by atoms with Gasteiger partial charge in [0, 0.05) is 22.3 Å². The van der Waals surface area contributed by atoms with Crippen molar-refractivity contribution in [2.24, 2.45) is 4.99 Å². The highest BCUT2D eigenvalue weighted by atomic mass is 35.5. The monoisotopic (exact) mass is 574 g/mol. The Morgan fingerprint density at radius 2 is 1.77 bits per heavy atom. The van der Waals surface area contributed by atoms with Crippen LogP contribution in [-0.2, 0) is 16.0 Å². The molecule has 1 fully saturated rings. The van der Waals surface area contributed by atoms with Crippen molar-refractivity contribution in [3.8, 4) is 11.5 Å². The van der Waals surface area contributed by atoms with E-state index in [0.29, 0.717) is 53.4 Å². The quantitative estimate of drug-likeness (QED) is 0.230.